The third-order valence-electron chi connectivity index (χ3n) is 5.26. The molecule has 3 rings (SSSR count). The lowest BCUT2D eigenvalue weighted by Gasteiger charge is -2.45. The molecular weight excluding hydrogens is 369 g/mol. The van der Waals surface area contributed by atoms with Gasteiger partial charge >= 0.3 is 6.18 Å². The summed E-state index contributed by atoms with van der Waals surface area (Å²) < 4.78 is 42.9. The molecular formula is C18H24ClF3N2O2. The maximum Gasteiger partial charge on any atom is 0.416 e. The number of rotatable bonds is 4. The van der Waals surface area contributed by atoms with E-state index in [0.717, 1.165) is 37.8 Å². The normalized spacial score (nSPS) is 28.0. The van der Waals surface area contributed by atoms with Crippen molar-refractivity contribution in [2.75, 3.05) is 6.61 Å². The molecule has 3 N–H and O–H groups in total. The van der Waals surface area contributed by atoms with Gasteiger partial charge in [0.25, 0.3) is 5.91 Å². The van der Waals surface area contributed by atoms with Gasteiger partial charge in [-0.05, 0) is 61.8 Å². The molecule has 146 valence electrons. The number of fused-ring (bicyclic) bond motifs is 2. The van der Waals surface area contributed by atoms with Crippen LogP contribution in [0.3, 0.4) is 0 Å². The summed E-state index contributed by atoms with van der Waals surface area (Å²) in [7, 11) is 0. The van der Waals surface area contributed by atoms with E-state index in [1.54, 1.807) is 0 Å². The van der Waals surface area contributed by atoms with Gasteiger partial charge in [-0.3, -0.25) is 4.79 Å². The molecule has 2 aliphatic rings. The molecule has 2 unspecified atom stereocenters. The second kappa shape index (κ2) is 8.48. The standard InChI is InChI=1S/C18H23F3N2O2.ClH/c19-18(20,21)13-4-6-15(7-5-13)25-10-16(24)23-17-11-2-1-3-12(17)9-14(22)8-11;/h4-7,11-12,14,17H,1-3,8-10,22H2,(H,23,24);1H. The van der Waals surface area contributed by atoms with E-state index in [2.05, 4.69) is 5.32 Å². The largest absolute Gasteiger partial charge is 0.484 e. The van der Waals surface area contributed by atoms with Gasteiger partial charge in [0.05, 0.1) is 5.56 Å². The van der Waals surface area contributed by atoms with E-state index in [1.807, 2.05) is 0 Å². The van der Waals surface area contributed by atoms with Gasteiger partial charge in [-0.15, -0.1) is 12.4 Å². The number of benzene rings is 1. The Morgan fingerprint density at radius 2 is 1.73 bits per heavy atom. The molecule has 0 saturated heterocycles. The predicted molar refractivity (Wildman–Crippen MR) is 94.2 cm³/mol. The number of amides is 1. The quantitative estimate of drug-likeness (QED) is 0.823. The van der Waals surface area contributed by atoms with Crippen LogP contribution in [0, 0.1) is 11.8 Å². The topological polar surface area (TPSA) is 64.3 Å². The molecule has 2 bridgehead atoms. The number of nitrogens with one attached hydrogen (secondary N) is 1. The van der Waals surface area contributed by atoms with Crippen molar-refractivity contribution in [1.82, 2.24) is 5.32 Å². The number of carbonyl (C=O) groups excluding carboxylic acids is 1. The zero-order chi connectivity index (χ0) is 18.0. The summed E-state index contributed by atoms with van der Waals surface area (Å²) in [6.07, 6.45) is 0.818. The van der Waals surface area contributed by atoms with Gasteiger partial charge in [-0.25, -0.2) is 0 Å². The van der Waals surface area contributed by atoms with Crippen LogP contribution in [0.2, 0.25) is 0 Å². The number of nitrogens with two attached hydrogens (primary N) is 1. The van der Waals surface area contributed by atoms with E-state index in [1.165, 1.54) is 18.6 Å². The fraction of sp³-hybridized carbons (Fsp3) is 0.611. The van der Waals surface area contributed by atoms with E-state index in [9.17, 15) is 18.0 Å². The second-order valence-corrected chi connectivity index (χ2v) is 7.09. The second-order valence-electron chi connectivity index (χ2n) is 7.09. The van der Waals surface area contributed by atoms with Crippen LogP contribution in [0.1, 0.15) is 37.7 Å². The molecule has 8 heteroatoms. The van der Waals surface area contributed by atoms with Gasteiger partial charge in [-0.1, -0.05) is 6.42 Å². The number of hydrogen-bond acceptors (Lipinski definition) is 3. The molecule has 0 spiro atoms. The van der Waals surface area contributed by atoms with Gasteiger partial charge in [0.15, 0.2) is 6.61 Å². The van der Waals surface area contributed by atoms with E-state index < -0.39 is 11.7 Å². The molecule has 2 atom stereocenters. The minimum atomic E-state index is -4.38. The average molecular weight is 393 g/mol. The lowest BCUT2D eigenvalue weighted by Crippen LogP contribution is -2.54. The van der Waals surface area contributed by atoms with Crippen molar-refractivity contribution in [2.24, 2.45) is 17.6 Å². The SMILES string of the molecule is Cl.NC1CC2CCCC(C1)C2NC(=O)COc1ccc(C(F)(F)F)cc1. The van der Waals surface area contributed by atoms with Gasteiger partial charge in [-0.2, -0.15) is 13.2 Å². The van der Waals surface area contributed by atoms with Crippen LogP contribution in [0.15, 0.2) is 24.3 Å². The first-order valence-corrected chi connectivity index (χ1v) is 8.68. The first-order chi connectivity index (χ1) is 11.8. The molecule has 0 heterocycles. The van der Waals surface area contributed by atoms with Crippen molar-refractivity contribution in [2.45, 2.75) is 50.4 Å². The first-order valence-electron chi connectivity index (χ1n) is 8.68. The summed E-state index contributed by atoms with van der Waals surface area (Å²) in [5, 5.41) is 3.05. The molecule has 1 aromatic carbocycles. The maximum absolute atomic E-state index is 12.5. The minimum Gasteiger partial charge on any atom is -0.484 e. The molecule has 1 amide bonds. The highest BCUT2D eigenvalue weighted by Crippen LogP contribution is 2.39. The van der Waals surface area contributed by atoms with Crippen LogP contribution in [-0.2, 0) is 11.0 Å². The summed E-state index contributed by atoms with van der Waals surface area (Å²) in [4.78, 5) is 12.2. The summed E-state index contributed by atoms with van der Waals surface area (Å²) in [6.45, 7) is -0.201. The Kier molecular flexibility index (Phi) is 6.80. The highest BCUT2D eigenvalue weighted by atomic mass is 35.5. The summed E-state index contributed by atoms with van der Waals surface area (Å²) >= 11 is 0. The van der Waals surface area contributed by atoms with Crippen molar-refractivity contribution >= 4 is 18.3 Å². The van der Waals surface area contributed by atoms with Gasteiger partial charge in [0.2, 0.25) is 0 Å². The number of alkyl halides is 3. The summed E-state index contributed by atoms with van der Waals surface area (Å²) in [6, 6.07) is 4.69. The van der Waals surface area contributed by atoms with Crippen molar-refractivity contribution in [3.63, 3.8) is 0 Å². The van der Waals surface area contributed by atoms with Crippen LogP contribution in [0.25, 0.3) is 0 Å². The smallest absolute Gasteiger partial charge is 0.416 e. The van der Waals surface area contributed by atoms with Crippen LogP contribution in [0.5, 0.6) is 5.75 Å². The first kappa shape index (κ1) is 20.8. The molecule has 2 aliphatic carbocycles. The Morgan fingerprint density at radius 3 is 2.27 bits per heavy atom. The summed E-state index contributed by atoms with van der Waals surface area (Å²) in [5.41, 5.74) is 5.34. The number of ether oxygens (including phenoxy) is 1. The van der Waals surface area contributed by atoms with E-state index in [4.69, 9.17) is 10.5 Å². The number of halogens is 4. The van der Waals surface area contributed by atoms with Gasteiger partial charge in [0, 0.05) is 12.1 Å². The number of carbonyl (C=O) groups is 1. The molecule has 4 nitrogen and oxygen atoms in total. The highest BCUT2D eigenvalue weighted by Gasteiger charge is 2.39. The Labute approximate surface area is 157 Å². The Morgan fingerprint density at radius 1 is 1.15 bits per heavy atom. The van der Waals surface area contributed by atoms with Crippen molar-refractivity contribution in [3.8, 4) is 5.75 Å². The molecule has 1 aromatic rings. The van der Waals surface area contributed by atoms with Gasteiger partial charge < -0.3 is 15.8 Å². The molecule has 2 saturated carbocycles. The lowest BCUT2D eigenvalue weighted by atomic mass is 9.67. The van der Waals surface area contributed by atoms with Crippen LogP contribution in [-0.4, -0.2) is 24.6 Å². The molecule has 2 fully saturated rings. The number of hydrogen-bond donors (Lipinski definition) is 2. The Bertz CT molecular complexity index is 595. The third kappa shape index (κ3) is 5.04. The van der Waals surface area contributed by atoms with E-state index in [-0.39, 0.29) is 42.8 Å². The third-order valence-corrected chi connectivity index (χ3v) is 5.26. The van der Waals surface area contributed by atoms with Gasteiger partial charge in [0.1, 0.15) is 5.75 Å². The Balaban J connectivity index is 0.00000243. The minimum absolute atomic E-state index is 0. The molecule has 0 radical (unpaired) electrons. The zero-order valence-electron chi connectivity index (χ0n) is 14.3. The highest BCUT2D eigenvalue weighted by molar-refractivity contribution is 5.85. The molecule has 26 heavy (non-hydrogen) atoms. The maximum atomic E-state index is 12.5. The molecule has 0 aliphatic heterocycles. The molecule has 0 aromatic heterocycles. The monoisotopic (exact) mass is 392 g/mol. The van der Waals surface area contributed by atoms with Crippen LogP contribution < -0.4 is 15.8 Å². The fourth-order valence-corrected chi connectivity index (χ4v) is 4.14. The van der Waals surface area contributed by atoms with E-state index >= 15 is 0 Å². The lowest BCUT2D eigenvalue weighted by molar-refractivity contribution is -0.137. The average Bonchev–Trinajstić information content (AvgIpc) is 2.53. The zero-order valence-corrected chi connectivity index (χ0v) is 15.1. The van der Waals surface area contributed by atoms with E-state index in [0.29, 0.717) is 11.8 Å². The predicted octanol–water partition coefficient (Wildman–Crippen LogP) is 3.53. The fourth-order valence-electron chi connectivity index (χ4n) is 4.14. The van der Waals surface area contributed by atoms with Crippen molar-refractivity contribution in [1.29, 1.82) is 0 Å². The van der Waals surface area contributed by atoms with Crippen LogP contribution >= 0.6 is 12.4 Å². The summed E-state index contributed by atoms with van der Waals surface area (Å²) in [5.74, 6) is 0.835. The van der Waals surface area contributed by atoms with Crippen LogP contribution in [0.4, 0.5) is 13.2 Å². The van der Waals surface area contributed by atoms with Crippen molar-refractivity contribution in [3.05, 3.63) is 29.8 Å². The Hall–Kier alpha value is -1.47. The van der Waals surface area contributed by atoms with Crippen molar-refractivity contribution < 1.29 is 22.7 Å².